The second kappa shape index (κ2) is 7.44. The van der Waals surface area contributed by atoms with Gasteiger partial charge in [-0.25, -0.2) is 0 Å². The Bertz CT molecular complexity index is 264. The second-order valence-corrected chi connectivity index (χ2v) is 6.72. The summed E-state index contributed by atoms with van der Waals surface area (Å²) in [5.41, 5.74) is -0.359. The lowest BCUT2D eigenvalue weighted by atomic mass is 9.75. The van der Waals surface area contributed by atoms with Crippen molar-refractivity contribution >= 4 is 0 Å². The topological polar surface area (TPSA) is 32.3 Å². The molecule has 2 bridgehead atoms. The van der Waals surface area contributed by atoms with E-state index in [1.807, 2.05) is 6.08 Å². The normalized spacial score (nSPS) is 34.2. The van der Waals surface area contributed by atoms with Crippen molar-refractivity contribution in [3.05, 3.63) is 12.7 Å². The summed E-state index contributed by atoms with van der Waals surface area (Å²) in [6.07, 6.45) is 16.4. The zero-order valence-corrected chi connectivity index (χ0v) is 12.4. The van der Waals surface area contributed by atoms with Gasteiger partial charge in [0.25, 0.3) is 0 Å². The van der Waals surface area contributed by atoms with E-state index >= 15 is 0 Å². The fourth-order valence-corrected chi connectivity index (χ4v) is 3.91. The maximum Gasteiger partial charge on any atom is 0.0677 e. The Morgan fingerprint density at radius 1 is 1.05 bits per heavy atom. The number of piperidine rings is 2. The summed E-state index contributed by atoms with van der Waals surface area (Å²) in [5, 5.41) is 14.4. The zero-order chi connectivity index (χ0) is 13.6. The molecular formula is C17H31NO. The van der Waals surface area contributed by atoms with Crippen molar-refractivity contribution in [3.63, 3.8) is 0 Å². The number of unbranched alkanes of at least 4 members (excludes halogenated alkanes) is 5. The van der Waals surface area contributed by atoms with Crippen molar-refractivity contribution in [1.82, 2.24) is 5.32 Å². The van der Waals surface area contributed by atoms with Gasteiger partial charge in [0.2, 0.25) is 0 Å². The predicted octanol–water partition coefficient (Wildman–Crippen LogP) is 3.94. The predicted molar refractivity (Wildman–Crippen MR) is 81.3 cm³/mol. The molecule has 2 saturated heterocycles. The number of hydrogen-bond donors (Lipinski definition) is 2. The van der Waals surface area contributed by atoms with Gasteiger partial charge in [0.1, 0.15) is 0 Å². The molecule has 0 aromatic carbocycles. The summed E-state index contributed by atoms with van der Waals surface area (Å²) in [4.78, 5) is 0. The third-order valence-electron chi connectivity index (χ3n) is 4.88. The van der Waals surface area contributed by atoms with Gasteiger partial charge < -0.3 is 10.4 Å². The molecule has 2 unspecified atom stereocenters. The first-order valence-corrected chi connectivity index (χ1v) is 8.31. The van der Waals surface area contributed by atoms with E-state index in [0.29, 0.717) is 12.1 Å². The van der Waals surface area contributed by atoms with Crippen LogP contribution in [0.15, 0.2) is 12.7 Å². The van der Waals surface area contributed by atoms with Gasteiger partial charge in [0.15, 0.2) is 0 Å². The van der Waals surface area contributed by atoms with Gasteiger partial charge in [-0.3, -0.25) is 0 Å². The molecule has 2 nitrogen and oxygen atoms in total. The van der Waals surface area contributed by atoms with Crippen LogP contribution < -0.4 is 5.32 Å². The molecule has 2 rings (SSSR count). The van der Waals surface area contributed by atoms with Gasteiger partial charge in [-0.2, -0.15) is 0 Å². The molecular weight excluding hydrogens is 234 g/mol. The SMILES string of the molecule is C=CCCCCCCCC1(O)CC2CCCC(C1)N2. The van der Waals surface area contributed by atoms with Gasteiger partial charge in [0.05, 0.1) is 5.60 Å². The van der Waals surface area contributed by atoms with Crippen LogP contribution in [0.4, 0.5) is 0 Å². The minimum atomic E-state index is -0.359. The average Bonchev–Trinajstić information content (AvgIpc) is 2.37. The minimum Gasteiger partial charge on any atom is -0.390 e. The number of aliphatic hydroxyl groups is 1. The maximum atomic E-state index is 10.8. The first kappa shape index (κ1) is 15.1. The summed E-state index contributed by atoms with van der Waals surface area (Å²) in [5.74, 6) is 0. The van der Waals surface area contributed by atoms with E-state index in [9.17, 15) is 5.11 Å². The Hall–Kier alpha value is -0.340. The van der Waals surface area contributed by atoms with E-state index < -0.39 is 0 Å². The van der Waals surface area contributed by atoms with E-state index in [-0.39, 0.29) is 5.60 Å². The number of hydrogen-bond acceptors (Lipinski definition) is 2. The molecule has 110 valence electrons. The van der Waals surface area contributed by atoms with Gasteiger partial charge in [-0.05, 0) is 44.9 Å². The molecule has 0 aromatic heterocycles. The molecule has 0 saturated carbocycles. The van der Waals surface area contributed by atoms with Gasteiger partial charge >= 0.3 is 0 Å². The zero-order valence-electron chi connectivity index (χ0n) is 12.4. The molecule has 2 N–H and O–H groups in total. The molecule has 2 atom stereocenters. The van der Waals surface area contributed by atoms with E-state index in [2.05, 4.69) is 11.9 Å². The summed E-state index contributed by atoms with van der Waals surface area (Å²) in [7, 11) is 0. The molecule has 2 aliphatic rings. The van der Waals surface area contributed by atoms with E-state index in [4.69, 9.17) is 0 Å². The Morgan fingerprint density at radius 3 is 2.37 bits per heavy atom. The number of rotatable bonds is 8. The highest BCUT2D eigenvalue weighted by atomic mass is 16.3. The lowest BCUT2D eigenvalue weighted by Crippen LogP contribution is -2.55. The van der Waals surface area contributed by atoms with Gasteiger partial charge in [-0.1, -0.05) is 38.2 Å². The molecule has 0 aliphatic carbocycles. The number of fused-ring (bicyclic) bond motifs is 2. The lowest BCUT2D eigenvalue weighted by molar-refractivity contribution is -0.0387. The van der Waals surface area contributed by atoms with E-state index in [1.165, 1.54) is 51.4 Å². The third kappa shape index (κ3) is 4.92. The molecule has 2 heteroatoms. The van der Waals surface area contributed by atoms with Crippen molar-refractivity contribution < 1.29 is 5.11 Å². The van der Waals surface area contributed by atoms with Crippen LogP contribution in [0.1, 0.15) is 77.0 Å². The fraction of sp³-hybridized carbons (Fsp3) is 0.882. The minimum absolute atomic E-state index is 0.359. The molecule has 0 aromatic rings. The summed E-state index contributed by atoms with van der Waals surface area (Å²) < 4.78 is 0. The van der Waals surface area contributed by atoms with E-state index in [1.54, 1.807) is 0 Å². The van der Waals surface area contributed by atoms with Crippen molar-refractivity contribution in [2.45, 2.75) is 94.7 Å². The highest BCUT2D eigenvalue weighted by molar-refractivity contribution is 4.97. The van der Waals surface area contributed by atoms with Gasteiger partial charge in [-0.15, -0.1) is 6.58 Å². The molecule has 2 aliphatic heterocycles. The van der Waals surface area contributed by atoms with Crippen LogP contribution in [0.25, 0.3) is 0 Å². The third-order valence-corrected chi connectivity index (χ3v) is 4.88. The summed E-state index contributed by atoms with van der Waals surface area (Å²) in [6, 6.07) is 1.18. The summed E-state index contributed by atoms with van der Waals surface area (Å²) in [6.45, 7) is 3.75. The molecule has 0 spiro atoms. The van der Waals surface area contributed by atoms with Crippen molar-refractivity contribution in [2.75, 3.05) is 0 Å². The van der Waals surface area contributed by atoms with Crippen LogP contribution in [0, 0.1) is 0 Å². The van der Waals surface area contributed by atoms with Crippen LogP contribution in [0.2, 0.25) is 0 Å². The number of nitrogens with one attached hydrogen (secondary N) is 1. The summed E-state index contributed by atoms with van der Waals surface area (Å²) >= 11 is 0. The molecule has 19 heavy (non-hydrogen) atoms. The Morgan fingerprint density at radius 2 is 1.68 bits per heavy atom. The second-order valence-electron chi connectivity index (χ2n) is 6.72. The van der Waals surface area contributed by atoms with Crippen LogP contribution in [0.5, 0.6) is 0 Å². The monoisotopic (exact) mass is 265 g/mol. The average molecular weight is 265 g/mol. The highest BCUT2D eigenvalue weighted by Crippen LogP contribution is 2.35. The molecule has 2 heterocycles. The van der Waals surface area contributed by atoms with Crippen LogP contribution >= 0.6 is 0 Å². The van der Waals surface area contributed by atoms with Crippen LogP contribution in [0.3, 0.4) is 0 Å². The lowest BCUT2D eigenvalue weighted by Gasteiger charge is -2.45. The van der Waals surface area contributed by atoms with Gasteiger partial charge in [0, 0.05) is 12.1 Å². The fourth-order valence-electron chi connectivity index (χ4n) is 3.91. The number of allylic oxidation sites excluding steroid dienone is 1. The molecule has 0 amide bonds. The first-order chi connectivity index (χ1) is 9.22. The Kier molecular flexibility index (Phi) is 5.90. The molecule has 2 fully saturated rings. The van der Waals surface area contributed by atoms with Crippen molar-refractivity contribution in [3.8, 4) is 0 Å². The van der Waals surface area contributed by atoms with Crippen LogP contribution in [-0.4, -0.2) is 22.8 Å². The standard InChI is InChI=1S/C17H31NO/c1-2-3-4-5-6-7-8-12-17(19)13-15-10-9-11-16(14-17)18-15/h2,15-16,18-19H,1,3-14H2. The van der Waals surface area contributed by atoms with Crippen LogP contribution in [-0.2, 0) is 0 Å². The Labute approximate surface area is 118 Å². The highest BCUT2D eigenvalue weighted by Gasteiger charge is 2.39. The van der Waals surface area contributed by atoms with E-state index in [0.717, 1.165) is 25.7 Å². The van der Waals surface area contributed by atoms with Crippen molar-refractivity contribution in [2.24, 2.45) is 0 Å². The maximum absolute atomic E-state index is 10.8. The Balaban J connectivity index is 1.60. The largest absolute Gasteiger partial charge is 0.390 e. The first-order valence-electron chi connectivity index (χ1n) is 8.31. The smallest absolute Gasteiger partial charge is 0.0677 e. The van der Waals surface area contributed by atoms with Crippen molar-refractivity contribution in [1.29, 1.82) is 0 Å². The molecule has 0 radical (unpaired) electrons. The quantitative estimate of drug-likeness (QED) is 0.514.